The van der Waals surface area contributed by atoms with E-state index < -0.39 is 0 Å². The van der Waals surface area contributed by atoms with Crippen molar-refractivity contribution >= 4 is 39.8 Å². The fourth-order valence-corrected chi connectivity index (χ4v) is 3.91. The Labute approximate surface area is 211 Å². The number of likely N-dealkylation sites (N-methyl/N-ethyl adjacent to an activating group) is 2. The number of carbonyl (C=O) groups excluding carboxylic acids is 1. The topological polar surface area (TPSA) is 87.5 Å². The van der Waals surface area contributed by atoms with Crippen LogP contribution in [0, 0.1) is 0 Å². The third-order valence-electron chi connectivity index (χ3n) is 5.94. The summed E-state index contributed by atoms with van der Waals surface area (Å²) in [7, 11) is 7.69. The molecule has 2 aromatic heterocycles. The lowest BCUT2D eigenvalue weighted by molar-refractivity contribution is -0.115. The molecule has 9 heteroatoms. The maximum absolute atomic E-state index is 12.3. The van der Waals surface area contributed by atoms with Crippen LogP contribution in [0.5, 0.6) is 5.75 Å². The van der Waals surface area contributed by atoms with Crippen LogP contribution < -0.4 is 20.3 Å². The number of fused-ring (bicyclic) bond motifs is 1. The molecule has 36 heavy (non-hydrogen) atoms. The number of aromatic nitrogens is 3. The fraction of sp³-hybridized carbons (Fsp3) is 0.296. The highest BCUT2D eigenvalue weighted by molar-refractivity contribution is 5.96. The van der Waals surface area contributed by atoms with Gasteiger partial charge in [0.15, 0.2) is 0 Å². The van der Waals surface area contributed by atoms with Gasteiger partial charge in [-0.2, -0.15) is 4.98 Å². The van der Waals surface area contributed by atoms with E-state index in [4.69, 9.17) is 9.72 Å². The quantitative estimate of drug-likeness (QED) is 0.340. The number of anilines is 4. The minimum atomic E-state index is -0.0638. The summed E-state index contributed by atoms with van der Waals surface area (Å²) in [6, 6.07) is 15.9. The van der Waals surface area contributed by atoms with Crippen LogP contribution in [0.2, 0.25) is 0 Å². The summed E-state index contributed by atoms with van der Waals surface area (Å²) in [6.07, 6.45) is 4.09. The number of nitrogens with one attached hydrogen (secondary N) is 2. The highest BCUT2D eigenvalue weighted by atomic mass is 16.5. The number of methoxy groups -OCH3 is 1. The fourth-order valence-electron chi connectivity index (χ4n) is 3.91. The van der Waals surface area contributed by atoms with Gasteiger partial charge in [0.05, 0.1) is 29.7 Å². The predicted molar refractivity (Wildman–Crippen MR) is 146 cm³/mol. The van der Waals surface area contributed by atoms with Gasteiger partial charge in [0.2, 0.25) is 11.9 Å². The molecule has 0 fully saturated rings. The summed E-state index contributed by atoms with van der Waals surface area (Å²) in [5, 5.41) is 7.45. The van der Waals surface area contributed by atoms with Gasteiger partial charge in [-0.15, -0.1) is 0 Å². The number of hydrogen-bond donors (Lipinski definition) is 2. The lowest BCUT2D eigenvalue weighted by Crippen LogP contribution is -2.29. The van der Waals surface area contributed by atoms with Gasteiger partial charge >= 0.3 is 0 Å². The smallest absolute Gasteiger partial charge is 0.229 e. The Bertz CT molecular complexity index is 1350. The van der Waals surface area contributed by atoms with Crippen LogP contribution in [0.25, 0.3) is 16.7 Å². The normalized spacial score (nSPS) is 11.1. The molecule has 0 saturated carbocycles. The second-order valence-corrected chi connectivity index (χ2v) is 8.80. The third-order valence-corrected chi connectivity index (χ3v) is 5.94. The van der Waals surface area contributed by atoms with Gasteiger partial charge in [-0.3, -0.25) is 4.79 Å². The molecule has 2 heterocycles. The Morgan fingerprint density at radius 2 is 1.86 bits per heavy atom. The molecule has 0 unspecified atom stereocenters. The van der Waals surface area contributed by atoms with Crippen LogP contribution in [-0.4, -0.2) is 66.7 Å². The van der Waals surface area contributed by atoms with Gasteiger partial charge in [0, 0.05) is 45.0 Å². The molecule has 0 saturated heterocycles. The van der Waals surface area contributed by atoms with E-state index in [1.165, 1.54) is 0 Å². The summed E-state index contributed by atoms with van der Waals surface area (Å²) < 4.78 is 7.73. The third kappa shape index (κ3) is 5.58. The monoisotopic (exact) mass is 487 g/mol. The van der Waals surface area contributed by atoms with Gasteiger partial charge in [-0.05, 0) is 43.7 Å². The molecule has 188 valence electrons. The van der Waals surface area contributed by atoms with E-state index in [0.29, 0.717) is 29.5 Å². The summed E-state index contributed by atoms with van der Waals surface area (Å²) in [5.41, 5.74) is 3.28. The van der Waals surface area contributed by atoms with Crippen LogP contribution in [0.4, 0.5) is 23.0 Å². The lowest BCUT2D eigenvalue weighted by Gasteiger charge is -2.26. The van der Waals surface area contributed by atoms with E-state index in [1.807, 2.05) is 69.2 Å². The van der Waals surface area contributed by atoms with Gasteiger partial charge in [-0.1, -0.05) is 25.1 Å². The molecule has 0 atom stereocenters. The second-order valence-electron chi connectivity index (χ2n) is 8.80. The largest absolute Gasteiger partial charge is 0.494 e. The first-order valence-corrected chi connectivity index (χ1v) is 11.9. The molecule has 0 aliphatic rings. The number of hydrogen-bond acceptors (Lipinski definition) is 7. The SMILES string of the molecule is CCC(=O)Nc1cc(Nc2nccc(-n3ccc4ccccc43)n2)c(OC)cc1N(C)CCN(C)C. The number of amides is 1. The van der Waals surface area contributed by atoms with Gasteiger partial charge in [0.25, 0.3) is 0 Å². The Morgan fingerprint density at radius 3 is 2.61 bits per heavy atom. The molecule has 0 spiro atoms. The average molecular weight is 488 g/mol. The summed E-state index contributed by atoms with van der Waals surface area (Å²) >= 11 is 0. The zero-order chi connectivity index (χ0) is 25.7. The molecule has 0 aliphatic carbocycles. The molecule has 4 aromatic rings. The summed E-state index contributed by atoms with van der Waals surface area (Å²) in [6.45, 7) is 3.49. The van der Waals surface area contributed by atoms with E-state index in [2.05, 4.69) is 43.6 Å². The maximum Gasteiger partial charge on any atom is 0.229 e. The van der Waals surface area contributed by atoms with Crippen molar-refractivity contribution in [1.82, 2.24) is 19.4 Å². The first-order chi connectivity index (χ1) is 17.4. The number of para-hydroxylation sites is 1. The first kappa shape index (κ1) is 25.0. The zero-order valence-electron chi connectivity index (χ0n) is 21.4. The number of benzene rings is 2. The molecule has 0 bridgehead atoms. The maximum atomic E-state index is 12.3. The van der Waals surface area contributed by atoms with Crippen molar-refractivity contribution in [2.75, 3.05) is 56.9 Å². The average Bonchev–Trinajstić information content (AvgIpc) is 3.32. The standard InChI is InChI=1S/C27H33N7O2/c1-6-26(35)29-20-17-21(24(36-5)18-23(20)33(4)16-15-32(2)3)30-27-28-13-11-25(31-27)34-14-12-19-9-7-8-10-22(19)34/h7-14,17-18H,6,15-16H2,1-5H3,(H,29,35)(H,28,30,31). The minimum Gasteiger partial charge on any atom is -0.494 e. The molecule has 9 nitrogen and oxygen atoms in total. The number of ether oxygens (including phenoxy) is 1. The number of carbonyl (C=O) groups is 1. The van der Waals surface area contributed by atoms with Crippen LogP contribution in [0.15, 0.2) is 60.9 Å². The predicted octanol–water partition coefficient (Wildman–Crippen LogP) is 4.52. The lowest BCUT2D eigenvalue weighted by atomic mass is 10.2. The van der Waals surface area contributed by atoms with E-state index >= 15 is 0 Å². The van der Waals surface area contributed by atoms with E-state index in [-0.39, 0.29) is 5.91 Å². The Kier molecular flexibility index (Phi) is 7.70. The number of rotatable bonds is 10. The van der Waals surface area contributed by atoms with Gasteiger partial charge in [-0.25, -0.2) is 4.98 Å². The summed E-state index contributed by atoms with van der Waals surface area (Å²) in [5.74, 6) is 1.72. The summed E-state index contributed by atoms with van der Waals surface area (Å²) in [4.78, 5) is 25.7. The second kappa shape index (κ2) is 11.1. The number of nitrogens with zero attached hydrogens (tertiary/aromatic N) is 5. The molecule has 2 aromatic carbocycles. The Morgan fingerprint density at radius 1 is 1.06 bits per heavy atom. The molecule has 0 aliphatic heterocycles. The highest BCUT2D eigenvalue weighted by Crippen LogP contribution is 2.38. The van der Waals surface area contributed by atoms with Crippen molar-refractivity contribution in [2.45, 2.75) is 13.3 Å². The van der Waals surface area contributed by atoms with Crippen molar-refractivity contribution in [3.05, 3.63) is 60.9 Å². The molecule has 0 radical (unpaired) electrons. The van der Waals surface area contributed by atoms with Crippen molar-refractivity contribution in [2.24, 2.45) is 0 Å². The van der Waals surface area contributed by atoms with Crippen molar-refractivity contribution < 1.29 is 9.53 Å². The molecular weight excluding hydrogens is 454 g/mol. The molecule has 4 rings (SSSR count). The van der Waals surface area contributed by atoms with E-state index in [9.17, 15) is 4.79 Å². The molecule has 1 amide bonds. The zero-order valence-corrected chi connectivity index (χ0v) is 21.4. The minimum absolute atomic E-state index is 0.0638. The Balaban J connectivity index is 1.68. The van der Waals surface area contributed by atoms with Crippen LogP contribution >= 0.6 is 0 Å². The van der Waals surface area contributed by atoms with Crippen molar-refractivity contribution in [3.63, 3.8) is 0 Å². The highest BCUT2D eigenvalue weighted by Gasteiger charge is 2.17. The van der Waals surface area contributed by atoms with Crippen molar-refractivity contribution in [1.29, 1.82) is 0 Å². The van der Waals surface area contributed by atoms with Gasteiger partial charge < -0.3 is 29.7 Å². The van der Waals surface area contributed by atoms with E-state index in [1.54, 1.807) is 13.3 Å². The van der Waals surface area contributed by atoms with Crippen LogP contribution in [0.1, 0.15) is 13.3 Å². The van der Waals surface area contributed by atoms with E-state index in [0.717, 1.165) is 35.5 Å². The van der Waals surface area contributed by atoms with Crippen molar-refractivity contribution in [3.8, 4) is 11.6 Å². The first-order valence-electron chi connectivity index (χ1n) is 11.9. The molecule has 2 N–H and O–H groups in total. The van der Waals surface area contributed by atoms with Crippen LogP contribution in [-0.2, 0) is 4.79 Å². The van der Waals surface area contributed by atoms with Crippen LogP contribution in [0.3, 0.4) is 0 Å². The van der Waals surface area contributed by atoms with Gasteiger partial charge in [0.1, 0.15) is 11.6 Å². The molecular formula is C27H33N7O2. The Hall–Kier alpha value is -4.11.